The van der Waals surface area contributed by atoms with E-state index in [0.29, 0.717) is 32.6 Å². The van der Waals surface area contributed by atoms with E-state index >= 15 is 0 Å². The first-order valence-corrected chi connectivity index (χ1v) is 12.5. The molecule has 0 radical (unpaired) electrons. The van der Waals surface area contributed by atoms with E-state index in [0.717, 1.165) is 12.8 Å². The summed E-state index contributed by atoms with van der Waals surface area (Å²) in [6.07, 6.45) is -2.62. The largest absolute Gasteiger partial charge is 0.522 e. The van der Waals surface area contributed by atoms with E-state index in [1.807, 2.05) is 0 Å². The van der Waals surface area contributed by atoms with Gasteiger partial charge in [0.05, 0.1) is 19.3 Å². The van der Waals surface area contributed by atoms with Gasteiger partial charge in [-0.25, -0.2) is 0 Å². The average molecular weight is 533 g/mol. The fourth-order valence-corrected chi connectivity index (χ4v) is 5.81. The number of hydrogen-bond donors (Lipinski definition) is 2. The van der Waals surface area contributed by atoms with Gasteiger partial charge in [0.25, 0.3) is 0 Å². The lowest BCUT2D eigenvalue weighted by molar-refractivity contribution is -0.321. The van der Waals surface area contributed by atoms with Crippen LogP contribution in [0.15, 0.2) is 0 Å². The standard InChI is InChI=1S/C23H31F3N4O7/c24-23(25,26)37-12-17(31)16(10-13-4-5-27-19(13)32)28-20(33)18-15-3-1-2-14(15)11-30(18)22(35)21(34)29-6-8-36-9-7-29/h13-16,18H,1-12H2,(H,27,32)(H,28,33)/t13-,14-,15-,16-,18-/m0/s1. The normalized spacial score (nSPS) is 28.6. The van der Waals surface area contributed by atoms with Crippen LogP contribution in [-0.2, 0) is 33.4 Å². The van der Waals surface area contributed by atoms with Crippen LogP contribution >= 0.6 is 0 Å². The Balaban J connectivity index is 1.50. The van der Waals surface area contributed by atoms with Crippen LogP contribution in [-0.4, -0.2) is 104 Å². The summed E-state index contributed by atoms with van der Waals surface area (Å²) in [7, 11) is 0. The zero-order chi connectivity index (χ0) is 26.7. The average Bonchev–Trinajstić information content (AvgIpc) is 3.57. The van der Waals surface area contributed by atoms with Crippen LogP contribution in [0.5, 0.6) is 0 Å². The quantitative estimate of drug-likeness (QED) is 0.426. The summed E-state index contributed by atoms with van der Waals surface area (Å²) in [6.45, 7) is 0.341. The number of alkyl halides is 3. The molecule has 1 aliphatic carbocycles. The number of Topliss-reactive ketones (excluding diaryl/α,β-unsaturated/α-hetero) is 1. The molecule has 0 aromatic carbocycles. The van der Waals surface area contributed by atoms with Crippen molar-refractivity contribution >= 4 is 29.4 Å². The molecule has 3 saturated heterocycles. The lowest BCUT2D eigenvalue weighted by Crippen LogP contribution is -2.56. The van der Waals surface area contributed by atoms with Crippen molar-refractivity contribution in [2.24, 2.45) is 17.8 Å². The molecule has 4 fully saturated rings. The molecule has 0 aromatic heterocycles. The minimum Gasteiger partial charge on any atom is -0.378 e. The van der Waals surface area contributed by atoms with Crippen LogP contribution in [0.4, 0.5) is 13.2 Å². The highest BCUT2D eigenvalue weighted by atomic mass is 19.4. The number of likely N-dealkylation sites (tertiary alicyclic amines) is 1. The number of ether oxygens (including phenoxy) is 2. The Morgan fingerprint density at radius 2 is 1.84 bits per heavy atom. The minimum absolute atomic E-state index is 0.000475. The molecule has 0 unspecified atom stereocenters. The minimum atomic E-state index is -5.04. The maximum atomic E-state index is 13.5. The van der Waals surface area contributed by atoms with Gasteiger partial charge in [-0.05, 0) is 37.5 Å². The first-order valence-electron chi connectivity index (χ1n) is 12.5. The fourth-order valence-electron chi connectivity index (χ4n) is 5.81. The molecule has 0 spiro atoms. The number of amides is 4. The van der Waals surface area contributed by atoms with E-state index in [2.05, 4.69) is 15.4 Å². The molecule has 1 saturated carbocycles. The molecule has 4 aliphatic rings. The van der Waals surface area contributed by atoms with Gasteiger partial charge in [-0.15, -0.1) is 13.2 Å². The van der Waals surface area contributed by atoms with Gasteiger partial charge in [0, 0.05) is 32.1 Å². The molecule has 0 bridgehead atoms. The highest BCUT2D eigenvalue weighted by molar-refractivity contribution is 6.35. The summed E-state index contributed by atoms with van der Waals surface area (Å²) in [6, 6.07) is -2.46. The predicted molar refractivity (Wildman–Crippen MR) is 118 cm³/mol. The van der Waals surface area contributed by atoms with Gasteiger partial charge >= 0.3 is 18.2 Å². The van der Waals surface area contributed by atoms with E-state index in [1.54, 1.807) is 0 Å². The van der Waals surface area contributed by atoms with Crippen molar-refractivity contribution in [2.75, 3.05) is 46.0 Å². The van der Waals surface area contributed by atoms with E-state index in [-0.39, 0.29) is 43.8 Å². The van der Waals surface area contributed by atoms with Gasteiger partial charge in [0.2, 0.25) is 11.8 Å². The van der Waals surface area contributed by atoms with Crippen LogP contribution in [0.25, 0.3) is 0 Å². The third kappa shape index (κ3) is 6.40. The van der Waals surface area contributed by atoms with Crippen molar-refractivity contribution < 1.29 is 46.6 Å². The SMILES string of the molecule is O=C1NCC[C@H]1C[C@H](NC(=O)[C@@H]1[C@H]2CCC[C@H]2CN1C(=O)C(=O)N1CCOCC1)C(=O)COC(F)(F)F. The molecule has 5 atom stereocenters. The van der Waals surface area contributed by atoms with Crippen LogP contribution in [0, 0.1) is 17.8 Å². The van der Waals surface area contributed by atoms with Crippen molar-refractivity contribution in [2.45, 2.75) is 50.6 Å². The Morgan fingerprint density at radius 1 is 1.11 bits per heavy atom. The molecular weight excluding hydrogens is 501 g/mol. The third-order valence-electron chi connectivity index (χ3n) is 7.67. The summed E-state index contributed by atoms with van der Waals surface area (Å²) in [5.41, 5.74) is 0. The smallest absolute Gasteiger partial charge is 0.378 e. The Kier molecular flexibility index (Phi) is 8.36. The van der Waals surface area contributed by atoms with Gasteiger partial charge in [-0.2, -0.15) is 0 Å². The molecule has 3 heterocycles. The number of morpholine rings is 1. The number of carbonyl (C=O) groups is 5. The van der Waals surface area contributed by atoms with Crippen LogP contribution in [0.2, 0.25) is 0 Å². The fraction of sp³-hybridized carbons (Fsp3) is 0.783. The zero-order valence-corrected chi connectivity index (χ0v) is 20.3. The molecule has 3 aliphatic heterocycles. The number of fused-ring (bicyclic) bond motifs is 1. The summed E-state index contributed by atoms with van der Waals surface area (Å²) in [4.78, 5) is 66.9. The Morgan fingerprint density at radius 3 is 2.49 bits per heavy atom. The molecule has 37 heavy (non-hydrogen) atoms. The van der Waals surface area contributed by atoms with Crippen molar-refractivity contribution in [1.82, 2.24) is 20.4 Å². The highest BCUT2D eigenvalue weighted by Crippen LogP contribution is 2.42. The van der Waals surface area contributed by atoms with Gasteiger partial charge < -0.3 is 25.2 Å². The summed E-state index contributed by atoms with van der Waals surface area (Å²) in [5, 5.41) is 5.10. The predicted octanol–water partition coefficient (Wildman–Crippen LogP) is -0.411. The molecule has 0 aromatic rings. The van der Waals surface area contributed by atoms with E-state index in [9.17, 15) is 37.1 Å². The molecule has 4 rings (SSSR count). The second-order valence-electron chi connectivity index (χ2n) is 9.94. The molecule has 4 amide bonds. The van der Waals surface area contributed by atoms with Crippen molar-refractivity contribution in [1.29, 1.82) is 0 Å². The number of carbonyl (C=O) groups excluding carboxylic acids is 5. The summed E-state index contributed by atoms with van der Waals surface area (Å²) in [5.74, 6) is -4.57. The van der Waals surface area contributed by atoms with Gasteiger partial charge in [0.1, 0.15) is 12.6 Å². The summed E-state index contributed by atoms with van der Waals surface area (Å²) >= 11 is 0. The Bertz CT molecular complexity index is 925. The number of nitrogens with one attached hydrogen (secondary N) is 2. The third-order valence-corrected chi connectivity index (χ3v) is 7.67. The lowest BCUT2D eigenvalue weighted by Gasteiger charge is -2.32. The van der Waals surface area contributed by atoms with Crippen LogP contribution in [0.1, 0.15) is 32.1 Å². The molecule has 2 N–H and O–H groups in total. The zero-order valence-electron chi connectivity index (χ0n) is 20.3. The molecule has 14 heteroatoms. The molecular formula is C23H31F3N4O7. The summed E-state index contributed by atoms with van der Waals surface area (Å²) < 4.78 is 46.6. The second-order valence-corrected chi connectivity index (χ2v) is 9.94. The van der Waals surface area contributed by atoms with Crippen molar-refractivity contribution in [3.63, 3.8) is 0 Å². The van der Waals surface area contributed by atoms with E-state index < -0.39 is 54.5 Å². The van der Waals surface area contributed by atoms with Crippen LogP contribution < -0.4 is 10.6 Å². The number of rotatable bonds is 7. The van der Waals surface area contributed by atoms with E-state index in [4.69, 9.17) is 4.74 Å². The maximum absolute atomic E-state index is 13.5. The molecule has 11 nitrogen and oxygen atoms in total. The van der Waals surface area contributed by atoms with Gasteiger partial charge in [0.15, 0.2) is 5.78 Å². The monoisotopic (exact) mass is 532 g/mol. The first kappa shape index (κ1) is 27.3. The van der Waals surface area contributed by atoms with Crippen LogP contribution in [0.3, 0.4) is 0 Å². The number of nitrogens with zero attached hydrogens (tertiary/aromatic N) is 2. The van der Waals surface area contributed by atoms with Crippen molar-refractivity contribution in [3.8, 4) is 0 Å². The Labute approximate surface area is 211 Å². The highest BCUT2D eigenvalue weighted by Gasteiger charge is 2.51. The van der Waals surface area contributed by atoms with Gasteiger partial charge in [-0.3, -0.25) is 28.7 Å². The molecule has 206 valence electrons. The lowest BCUT2D eigenvalue weighted by atomic mass is 9.92. The second kappa shape index (κ2) is 11.3. The maximum Gasteiger partial charge on any atom is 0.522 e. The van der Waals surface area contributed by atoms with E-state index in [1.165, 1.54) is 9.80 Å². The number of halogens is 3. The topological polar surface area (TPSA) is 134 Å². The number of ketones is 1. The van der Waals surface area contributed by atoms with Crippen molar-refractivity contribution in [3.05, 3.63) is 0 Å². The Hall–Kier alpha value is -2.74. The van der Waals surface area contributed by atoms with Gasteiger partial charge in [-0.1, -0.05) is 6.42 Å². The first-order chi connectivity index (χ1) is 17.5. The number of hydrogen-bond acceptors (Lipinski definition) is 7.